The first-order valence-corrected chi connectivity index (χ1v) is 5.72. The largest absolute Gasteiger partial charge is 0.393 e. The highest BCUT2D eigenvalue weighted by molar-refractivity contribution is 7.80. The van der Waals surface area contributed by atoms with Gasteiger partial charge >= 0.3 is 0 Å². The first-order valence-electron chi connectivity index (χ1n) is 5.32. The molecule has 0 spiro atoms. The Balaban J connectivity index is 2.58. The van der Waals surface area contributed by atoms with Crippen LogP contribution in [0.25, 0.3) is 0 Å². The minimum atomic E-state index is -0.826. The van der Waals surface area contributed by atoms with Crippen LogP contribution in [-0.2, 0) is 6.54 Å². The molecule has 0 heterocycles. The summed E-state index contributed by atoms with van der Waals surface area (Å²) in [5.41, 5.74) is 6.24. The van der Waals surface area contributed by atoms with Crippen molar-refractivity contribution < 1.29 is 8.78 Å². The van der Waals surface area contributed by atoms with Crippen LogP contribution >= 0.6 is 12.2 Å². The monoisotopic (exact) mass is 258 g/mol. The molecule has 0 saturated heterocycles. The van der Waals surface area contributed by atoms with Gasteiger partial charge < -0.3 is 10.6 Å². The van der Waals surface area contributed by atoms with Crippen molar-refractivity contribution in [3.05, 3.63) is 35.4 Å². The molecule has 2 N–H and O–H groups in total. The van der Waals surface area contributed by atoms with Gasteiger partial charge in [-0.1, -0.05) is 25.2 Å². The zero-order valence-electron chi connectivity index (χ0n) is 9.91. The predicted octanol–water partition coefficient (Wildman–Crippen LogP) is 2.32. The highest BCUT2D eigenvalue weighted by Gasteiger charge is 2.10. The summed E-state index contributed by atoms with van der Waals surface area (Å²) in [4.78, 5) is 2.43. The van der Waals surface area contributed by atoms with Crippen molar-refractivity contribution in [2.75, 3.05) is 13.6 Å². The smallest absolute Gasteiger partial charge is 0.159 e. The summed E-state index contributed by atoms with van der Waals surface area (Å²) in [7, 11) is 1.88. The molecular formula is C12H16F2N2S. The van der Waals surface area contributed by atoms with Crippen LogP contribution in [0.5, 0.6) is 0 Å². The second-order valence-corrected chi connectivity index (χ2v) is 4.72. The van der Waals surface area contributed by atoms with Crippen molar-refractivity contribution in [1.82, 2.24) is 4.90 Å². The number of hydrogen-bond donors (Lipinski definition) is 1. The molecule has 94 valence electrons. The molecule has 1 atom stereocenters. The molecule has 0 aromatic heterocycles. The van der Waals surface area contributed by atoms with Crippen LogP contribution in [0, 0.1) is 17.6 Å². The normalized spacial score (nSPS) is 12.8. The Morgan fingerprint density at radius 1 is 1.41 bits per heavy atom. The van der Waals surface area contributed by atoms with Crippen LogP contribution in [-0.4, -0.2) is 23.5 Å². The van der Waals surface area contributed by atoms with E-state index in [1.807, 2.05) is 18.9 Å². The SMILES string of the molecule is CC(CN(C)Cc1ccc(F)c(F)c1)C(N)=S. The number of halogens is 2. The Bertz CT molecular complexity index is 409. The first kappa shape index (κ1) is 14.0. The minimum Gasteiger partial charge on any atom is -0.393 e. The van der Waals surface area contributed by atoms with E-state index in [1.54, 1.807) is 6.07 Å². The highest BCUT2D eigenvalue weighted by Crippen LogP contribution is 2.11. The summed E-state index contributed by atoms with van der Waals surface area (Å²) >= 11 is 4.88. The fourth-order valence-corrected chi connectivity index (χ4v) is 1.65. The van der Waals surface area contributed by atoms with Gasteiger partial charge in [0.05, 0.1) is 4.99 Å². The number of thiocarbonyl (C=S) groups is 1. The van der Waals surface area contributed by atoms with Crippen LogP contribution in [0.4, 0.5) is 8.78 Å². The fourth-order valence-electron chi connectivity index (χ4n) is 1.57. The third-order valence-electron chi connectivity index (χ3n) is 2.51. The molecule has 1 rings (SSSR count). The molecule has 0 radical (unpaired) electrons. The van der Waals surface area contributed by atoms with Crippen molar-refractivity contribution in [1.29, 1.82) is 0 Å². The number of benzene rings is 1. The molecule has 0 amide bonds. The van der Waals surface area contributed by atoms with E-state index in [0.717, 1.165) is 11.6 Å². The van der Waals surface area contributed by atoms with E-state index in [0.29, 0.717) is 18.1 Å². The Morgan fingerprint density at radius 3 is 2.59 bits per heavy atom. The molecule has 1 aromatic rings. The van der Waals surface area contributed by atoms with Gasteiger partial charge in [-0.2, -0.15) is 0 Å². The van der Waals surface area contributed by atoms with Gasteiger partial charge in [0.15, 0.2) is 11.6 Å². The Hall–Kier alpha value is -1.07. The quantitative estimate of drug-likeness (QED) is 0.822. The van der Waals surface area contributed by atoms with Crippen molar-refractivity contribution in [2.24, 2.45) is 11.7 Å². The van der Waals surface area contributed by atoms with E-state index in [4.69, 9.17) is 18.0 Å². The van der Waals surface area contributed by atoms with Crippen LogP contribution < -0.4 is 5.73 Å². The maximum Gasteiger partial charge on any atom is 0.159 e. The molecule has 0 aliphatic carbocycles. The lowest BCUT2D eigenvalue weighted by molar-refractivity contribution is 0.307. The molecule has 0 aliphatic rings. The number of hydrogen-bond acceptors (Lipinski definition) is 2. The van der Waals surface area contributed by atoms with Gasteiger partial charge in [0.1, 0.15) is 0 Å². The first-order chi connectivity index (χ1) is 7.90. The van der Waals surface area contributed by atoms with E-state index < -0.39 is 11.6 Å². The lowest BCUT2D eigenvalue weighted by Gasteiger charge is -2.20. The van der Waals surface area contributed by atoms with Gasteiger partial charge in [-0.15, -0.1) is 0 Å². The van der Waals surface area contributed by atoms with E-state index >= 15 is 0 Å². The van der Waals surface area contributed by atoms with Gasteiger partial charge in [-0.3, -0.25) is 0 Å². The maximum atomic E-state index is 13.0. The van der Waals surface area contributed by atoms with Crippen LogP contribution in [0.2, 0.25) is 0 Å². The summed E-state index contributed by atoms with van der Waals surface area (Å²) in [6.07, 6.45) is 0. The van der Waals surface area contributed by atoms with E-state index in [-0.39, 0.29) is 5.92 Å². The lowest BCUT2D eigenvalue weighted by Crippen LogP contribution is -2.31. The summed E-state index contributed by atoms with van der Waals surface area (Å²) < 4.78 is 25.7. The molecule has 0 fully saturated rings. The number of nitrogens with zero attached hydrogens (tertiary/aromatic N) is 1. The number of rotatable bonds is 5. The maximum absolute atomic E-state index is 13.0. The zero-order valence-corrected chi connectivity index (χ0v) is 10.7. The molecule has 5 heteroatoms. The third kappa shape index (κ3) is 4.36. The second kappa shape index (κ2) is 6.02. The Labute approximate surface area is 105 Å². The van der Waals surface area contributed by atoms with Crippen molar-refractivity contribution in [3.63, 3.8) is 0 Å². The molecule has 0 aliphatic heterocycles. The zero-order chi connectivity index (χ0) is 13.0. The minimum absolute atomic E-state index is 0.0975. The molecule has 1 aromatic carbocycles. The molecule has 2 nitrogen and oxygen atoms in total. The standard InChI is InChI=1S/C12H16F2N2S/c1-8(12(15)17)6-16(2)7-9-3-4-10(13)11(14)5-9/h3-5,8H,6-7H2,1-2H3,(H2,15,17). The van der Waals surface area contributed by atoms with Crippen molar-refractivity contribution >= 4 is 17.2 Å². The van der Waals surface area contributed by atoms with Crippen LogP contribution in [0.15, 0.2) is 18.2 Å². The van der Waals surface area contributed by atoms with Gasteiger partial charge in [-0.25, -0.2) is 8.78 Å². The topological polar surface area (TPSA) is 29.3 Å². The number of nitrogens with two attached hydrogens (primary N) is 1. The summed E-state index contributed by atoms with van der Waals surface area (Å²) in [6, 6.07) is 3.91. The highest BCUT2D eigenvalue weighted by atomic mass is 32.1. The average Bonchev–Trinajstić information content (AvgIpc) is 2.23. The van der Waals surface area contributed by atoms with E-state index in [1.165, 1.54) is 6.07 Å². The third-order valence-corrected chi connectivity index (χ3v) is 2.91. The van der Waals surface area contributed by atoms with E-state index in [2.05, 4.69) is 0 Å². The molecular weight excluding hydrogens is 242 g/mol. The Kier molecular flexibility index (Phi) is 4.96. The molecule has 0 saturated carbocycles. The average molecular weight is 258 g/mol. The summed E-state index contributed by atoms with van der Waals surface area (Å²) in [5.74, 6) is -1.55. The summed E-state index contributed by atoms with van der Waals surface area (Å²) in [6.45, 7) is 3.16. The van der Waals surface area contributed by atoms with Crippen LogP contribution in [0.3, 0.4) is 0 Å². The Morgan fingerprint density at radius 2 is 2.06 bits per heavy atom. The van der Waals surface area contributed by atoms with Crippen molar-refractivity contribution in [3.8, 4) is 0 Å². The van der Waals surface area contributed by atoms with E-state index in [9.17, 15) is 8.78 Å². The van der Waals surface area contributed by atoms with Gasteiger partial charge in [0.25, 0.3) is 0 Å². The molecule has 1 unspecified atom stereocenters. The van der Waals surface area contributed by atoms with Gasteiger partial charge in [0, 0.05) is 19.0 Å². The van der Waals surface area contributed by atoms with Gasteiger partial charge in [0.2, 0.25) is 0 Å². The molecule has 17 heavy (non-hydrogen) atoms. The lowest BCUT2D eigenvalue weighted by atomic mass is 10.1. The van der Waals surface area contributed by atoms with Gasteiger partial charge in [-0.05, 0) is 24.7 Å². The summed E-state index contributed by atoms with van der Waals surface area (Å²) in [5, 5.41) is 0. The molecule has 0 bridgehead atoms. The second-order valence-electron chi connectivity index (χ2n) is 4.25. The predicted molar refractivity (Wildman–Crippen MR) is 68.6 cm³/mol. The van der Waals surface area contributed by atoms with Crippen molar-refractivity contribution in [2.45, 2.75) is 13.5 Å². The fraction of sp³-hybridized carbons (Fsp3) is 0.417. The van der Waals surface area contributed by atoms with Crippen LogP contribution in [0.1, 0.15) is 12.5 Å².